The van der Waals surface area contributed by atoms with E-state index in [9.17, 15) is 13.6 Å². The minimum Gasteiger partial charge on any atom is -0.390 e. The van der Waals surface area contributed by atoms with Gasteiger partial charge in [0.2, 0.25) is 5.91 Å². The molecule has 1 aliphatic heterocycles. The highest BCUT2D eigenvalue weighted by atomic mass is 19.3. The Balaban J connectivity index is 2.06. The zero-order valence-corrected chi connectivity index (χ0v) is 10.3. The summed E-state index contributed by atoms with van der Waals surface area (Å²) in [6.07, 6.45) is 2.03. The van der Waals surface area contributed by atoms with Gasteiger partial charge in [0.1, 0.15) is 6.61 Å². The number of carbonyl (C=O) groups excluding carboxylic acids is 1. The maximum atomic E-state index is 12.6. The Labute approximate surface area is 105 Å². The zero-order chi connectivity index (χ0) is 13.4. The van der Waals surface area contributed by atoms with Crippen molar-refractivity contribution >= 4 is 5.91 Å². The lowest BCUT2D eigenvalue weighted by Gasteiger charge is -2.22. The lowest BCUT2D eigenvalue weighted by Crippen LogP contribution is -2.39. The SMILES string of the molecule is O=C(CCOC1CCNCC1)NCC(F)(F)CO. The third kappa shape index (κ3) is 6.23. The van der Waals surface area contributed by atoms with Gasteiger partial charge in [-0.1, -0.05) is 0 Å². The Bertz CT molecular complexity index is 259. The molecular formula is C11H20F2N2O3. The first kappa shape index (κ1) is 15.3. The van der Waals surface area contributed by atoms with E-state index in [1.807, 2.05) is 0 Å². The second kappa shape index (κ2) is 7.60. The molecule has 1 rings (SSSR count). The van der Waals surface area contributed by atoms with Gasteiger partial charge >= 0.3 is 0 Å². The largest absolute Gasteiger partial charge is 0.390 e. The Morgan fingerprint density at radius 3 is 2.72 bits per heavy atom. The molecule has 0 aromatic rings. The number of nitrogens with one attached hydrogen (secondary N) is 2. The quantitative estimate of drug-likeness (QED) is 0.601. The fourth-order valence-corrected chi connectivity index (χ4v) is 1.65. The number of halogens is 2. The summed E-state index contributed by atoms with van der Waals surface area (Å²) < 4.78 is 30.7. The van der Waals surface area contributed by atoms with Crippen molar-refractivity contribution in [1.29, 1.82) is 0 Å². The average Bonchev–Trinajstić information content (AvgIpc) is 2.38. The standard InChI is InChI=1S/C11H20F2N2O3/c12-11(13,8-16)7-15-10(17)3-6-18-9-1-4-14-5-2-9/h9,14,16H,1-8H2,(H,15,17). The second-order valence-corrected chi connectivity index (χ2v) is 4.36. The Hall–Kier alpha value is -0.790. The molecule has 106 valence electrons. The summed E-state index contributed by atoms with van der Waals surface area (Å²) in [5, 5.41) is 13.6. The molecule has 3 N–H and O–H groups in total. The van der Waals surface area contributed by atoms with Crippen LogP contribution in [0.2, 0.25) is 0 Å². The van der Waals surface area contributed by atoms with Crippen LogP contribution in [0.15, 0.2) is 0 Å². The van der Waals surface area contributed by atoms with E-state index >= 15 is 0 Å². The third-order valence-electron chi connectivity index (χ3n) is 2.74. The molecule has 1 aliphatic rings. The monoisotopic (exact) mass is 266 g/mol. The number of alkyl halides is 2. The molecule has 1 saturated heterocycles. The van der Waals surface area contributed by atoms with Crippen LogP contribution in [-0.4, -0.2) is 55.9 Å². The van der Waals surface area contributed by atoms with E-state index in [1.165, 1.54) is 0 Å². The van der Waals surface area contributed by atoms with E-state index in [0.29, 0.717) is 0 Å². The van der Waals surface area contributed by atoms with Gasteiger partial charge in [-0.2, -0.15) is 0 Å². The van der Waals surface area contributed by atoms with Crippen molar-refractivity contribution in [2.75, 3.05) is 32.8 Å². The average molecular weight is 266 g/mol. The molecule has 0 aliphatic carbocycles. The van der Waals surface area contributed by atoms with Crippen molar-refractivity contribution in [2.24, 2.45) is 0 Å². The van der Waals surface area contributed by atoms with E-state index in [0.717, 1.165) is 25.9 Å². The Kier molecular flexibility index (Phi) is 6.45. The highest BCUT2D eigenvalue weighted by Crippen LogP contribution is 2.10. The summed E-state index contributed by atoms with van der Waals surface area (Å²) in [6.45, 7) is -0.0606. The van der Waals surface area contributed by atoms with Crippen LogP contribution < -0.4 is 10.6 Å². The fourth-order valence-electron chi connectivity index (χ4n) is 1.65. The summed E-state index contributed by atoms with van der Waals surface area (Å²) in [7, 11) is 0. The lowest BCUT2D eigenvalue weighted by atomic mass is 10.1. The molecule has 0 radical (unpaired) electrons. The summed E-state index contributed by atoms with van der Waals surface area (Å²) in [4.78, 5) is 11.2. The molecule has 0 atom stereocenters. The minimum atomic E-state index is -3.26. The number of amides is 1. The van der Waals surface area contributed by atoms with Crippen molar-refractivity contribution in [3.63, 3.8) is 0 Å². The lowest BCUT2D eigenvalue weighted by molar-refractivity contribution is -0.125. The van der Waals surface area contributed by atoms with Crippen molar-refractivity contribution in [1.82, 2.24) is 10.6 Å². The molecule has 5 nitrogen and oxygen atoms in total. The molecule has 1 fully saturated rings. The molecule has 18 heavy (non-hydrogen) atoms. The number of ether oxygens (including phenoxy) is 1. The smallest absolute Gasteiger partial charge is 0.287 e. The summed E-state index contributed by atoms with van der Waals surface area (Å²) in [5.74, 6) is -3.75. The minimum absolute atomic E-state index is 0.0609. The van der Waals surface area contributed by atoms with Crippen molar-refractivity contribution < 1.29 is 23.4 Å². The third-order valence-corrected chi connectivity index (χ3v) is 2.74. The maximum absolute atomic E-state index is 12.6. The zero-order valence-electron chi connectivity index (χ0n) is 10.3. The number of aliphatic hydroxyl groups excluding tert-OH is 1. The molecule has 0 spiro atoms. The van der Waals surface area contributed by atoms with Gasteiger partial charge in [0.25, 0.3) is 5.92 Å². The number of hydrogen-bond donors (Lipinski definition) is 3. The number of piperidine rings is 1. The summed E-state index contributed by atoms with van der Waals surface area (Å²) in [6, 6.07) is 0. The van der Waals surface area contributed by atoms with E-state index in [4.69, 9.17) is 9.84 Å². The van der Waals surface area contributed by atoms with Gasteiger partial charge < -0.3 is 20.5 Å². The van der Waals surface area contributed by atoms with Gasteiger partial charge in [-0.05, 0) is 25.9 Å². The molecule has 0 unspecified atom stereocenters. The molecule has 7 heteroatoms. The highest BCUT2D eigenvalue weighted by molar-refractivity contribution is 5.76. The van der Waals surface area contributed by atoms with Crippen LogP contribution in [0.1, 0.15) is 19.3 Å². The second-order valence-electron chi connectivity index (χ2n) is 4.36. The molecule has 0 aromatic heterocycles. The van der Waals surface area contributed by atoms with Crippen LogP contribution in [0.3, 0.4) is 0 Å². The van der Waals surface area contributed by atoms with Crippen molar-refractivity contribution in [3.8, 4) is 0 Å². The number of hydrogen-bond acceptors (Lipinski definition) is 4. The van der Waals surface area contributed by atoms with E-state index in [2.05, 4.69) is 10.6 Å². The van der Waals surface area contributed by atoms with Crippen LogP contribution in [0, 0.1) is 0 Å². The topological polar surface area (TPSA) is 70.6 Å². The predicted molar refractivity (Wildman–Crippen MR) is 61.5 cm³/mol. The predicted octanol–water partition coefficient (Wildman–Crippen LogP) is -0.111. The van der Waals surface area contributed by atoms with Gasteiger partial charge in [0.05, 0.1) is 19.3 Å². The normalized spacial score (nSPS) is 17.7. The van der Waals surface area contributed by atoms with E-state index in [1.54, 1.807) is 0 Å². The van der Waals surface area contributed by atoms with E-state index < -0.39 is 25.0 Å². The fraction of sp³-hybridized carbons (Fsp3) is 0.909. The molecule has 1 amide bonds. The van der Waals surface area contributed by atoms with Crippen LogP contribution in [0.4, 0.5) is 8.78 Å². The highest BCUT2D eigenvalue weighted by Gasteiger charge is 2.28. The molecule has 0 aromatic carbocycles. The number of aliphatic hydroxyl groups is 1. The van der Waals surface area contributed by atoms with E-state index in [-0.39, 0.29) is 19.1 Å². The van der Waals surface area contributed by atoms with Gasteiger partial charge in [-0.15, -0.1) is 0 Å². The number of rotatable bonds is 7. The Morgan fingerprint density at radius 2 is 2.11 bits per heavy atom. The van der Waals surface area contributed by atoms with Crippen molar-refractivity contribution in [3.05, 3.63) is 0 Å². The van der Waals surface area contributed by atoms with Gasteiger partial charge in [-0.25, -0.2) is 8.78 Å². The van der Waals surface area contributed by atoms with Crippen LogP contribution >= 0.6 is 0 Å². The van der Waals surface area contributed by atoms with Crippen LogP contribution in [0.5, 0.6) is 0 Å². The molecule has 0 saturated carbocycles. The maximum Gasteiger partial charge on any atom is 0.287 e. The van der Waals surface area contributed by atoms with Gasteiger partial charge in [-0.3, -0.25) is 4.79 Å². The number of carbonyl (C=O) groups is 1. The molecular weight excluding hydrogens is 246 g/mol. The first-order valence-electron chi connectivity index (χ1n) is 6.11. The summed E-state index contributed by atoms with van der Waals surface area (Å²) >= 11 is 0. The first-order chi connectivity index (χ1) is 8.53. The van der Waals surface area contributed by atoms with Crippen LogP contribution in [-0.2, 0) is 9.53 Å². The van der Waals surface area contributed by atoms with Gasteiger partial charge in [0.15, 0.2) is 0 Å². The molecule has 0 bridgehead atoms. The van der Waals surface area contributed by atoms with Gasteiger partial charge in [0, 0.05) is 6.42 Å². The Morgan fingerprint density at radius 1 is 1.44 bits per heavy atom. The first-order valence-corrected chi connectivity index (χ1v) is 6.11. The summed E-state index contributed by atoms with van der Waals surface area (Å²) in [5.41, 5.74) is 0. The molecule has 1 heterocycles. The van der Waals surface area contributed by atoms with Crippen LogP contribution in [0.25, 0.3) is 0 Å². The van der Waals surface area contributed by atoms with Crippen molar-refractivity contribution in [2.45, 2.75) is 31.3 Å².